The number of unbranched alkanes of at least 4 members (excludes halogenated alkanes) is 4. The standard InChI is InChI=1S/C28H42O6S/c1-5-9-13-31-23-17-21(18-24(27(23)29)32-14-10-6-2)35-22-19-25(33-15-11-7-3)28(30)26(20-22)34-16-12-8-4/h17-20,29-30H,5-16H2,1-4H3. The van der Waals surface area contributed by atoms with Gasteiger partial charge in [0.05, 0.1) is 26.4 Å². The van der Waals surface area contributed by atoms with Crippen molar-refractivity contribution in [3.05, 3.63) is 24.3 Å². The quantitative estimate of drug-likeness (QED) is 0.199. The lowest BCUT2D eigenvalue weighted by Gasteiger charge is -2.16. The van der Waals surface area contributed by atoms with Crippen LogP contribution in [0.15, 0.2) is 34.1 Å². The van der Waals surface area contributed by atoms with Crippen molar-refractivity contribution in [3.8, 4) is 34.5 Å². The van der Waals surface area contributed by atoms with Crippen LogP contribution in [0.5, 0.6) is 34.5 Å². The maximum absolute atomic E-state index is 10.7. The van der Waals surface area contributed by atoms with E-state index in [9.17, 15) is 10.2 Å². The van der Waals surface area contributed by atoms with E-state index in [1.165, 1.54) is 11.8 Å². The molecule has 0 fully saturated rings. The van der Waals surface area contributed by atoms with E-state index in [-0.39, 0.29) is 11.5 Å². The summed E-state index contributed by atoms with van der Waals surface area (Å²) in [6.45, 7) is 10.5. The van der Waals surface area contributed by atoms with Crippen molar-refractivity contribution in [2.75, 3.05) is 26.4 Å². The molecule has 0 aliphatic rings. The van der Waals surface area contributed by atoms with E-state index in [0.29, 0.717) is 49.4 Å². The number of phenols is 2. The summed E-state index contributed by atoms with van der Waals surface area (Å²) in [6, 6.07) is 7.30. The highest BCUT2D eigenvalue weighted by Crippen LogP contribution is 2.46. The molecule has 0 amide bonds. The molecule has 196 valence electrons. The van der Waals surface area contributed by atoms with Crippen LogP contribution < -0.4 is 18.9 Å². The molecule has 0 unspecified atom stereocenters. The average molecular weight is 507 g/mol. The van der Waals surface area contributed by atoms with E-state index in [1.54, 1.807) is 0 Å². The van der Waals surface area contributed by atoms with E-state index in [4.69, 9.17) is 18.9 Å². The molecule has 2 N–H and O–H groups in total. The molecule has 0 saturated heterocycles. The molecule has 0 radical (unpaired) electrons. The summed E-state index contributed by atoms with van der Waals surface area (Å²) in [6.07, 6.45) is 7.62. The van der Waals surface area contributed by atoms with Gasteiger partial charge in [0.2, 0.25) is 11.5 Å². The van der Waals surface area contributed by atoms with Gasteiger partial charge < -0.3 is 29.2 Å². The lowest BCUT2D eigenvalue weighted by molar-refractivity contribution is 0.266. The van der Waals surface area contributed by atoms with Gasteiger partial charge in [0, 0.05) is 9.79 Å². The van der Waals surface area contributed by atoms with E-state index in [2.05, 4.69) is 27.7 Å². The third-order valence-corrected chi connectivity index (χ3v) is 6.23. The minimum Gasteiger partial charge on any atom is -0.502 e. The van der Waals surface area contributed by atoms with Crippen LogP contribution in [0.2, 0.25) is 0 Å². The third kappa shape index (κ3) is 9.63. The predicted molar refractivity (Wildman–Crippen MR) is 142 cm³/mol. The zero-order valence-corrected chi connectivity index (χ0v) is 22.5. The van der Waals surface area contributed by atoms with E-state index >= 15 is 0 Å². The van der Waals surface area contributed by atoms with Crippen LogP contribution in [0.25, 0.3) is 0 Å². The molecule has 2 rings (SSSR count). The molecular weight excluding hydrogens is 464 g/mol. The van der Waals surface area contributed by atoms with Crippen molar-refractivity contribution >= 4 is 11.8 Å². The zero-order chi connectivity index (χ0) is 25.5. The Morgan fingerprint density at radius 2 is 0.771 bits per heavy atom. The fraction of sp³-hybridized carbons (Fsp3) is 0.571. The Morgan fingerprint density at radius 1 is 0.514 bits per heavy atom. The number of hydrogen-bond acceptors (Lipinski definition) is 7. The van der Waals surface area contributed by atoms with Crippen molar-refractivity contribution in [1.82, 2.24) is 0 Å². The normalized spacial score (nSPS) is 10.9. The molecule has 0 saturated carbocycles. The second kappa shape index (κ2) is 16.3. The second-order valence-electron chi connectivity index (χ2n) is 8.45. The van der Waals surface area contributed by atoms with Crippen molar-refractivity contribution in [2.24, 2.45) is 0 Å². The summed E-state index contributed by atoms with van der Waals surface area (Å²) in [5, 5.41) is 21.4. The SMILES string of the molecule is CCCCOc1cc(Sc2cc(OCCCC)c(O)c(OCCCC)c2)cc(OCCCC)c1O. The van der Waals surface area contributed by atoms with Crippen LogP contribution in [-0.2, 0) is 0 Å². The van der Waals surface area contributed by atoms with E-state index in [0.717, 1.165) is 61.2 Å². The molecule has 0 bridgehead atoms. The highest BCUT2D eigenvalue weighted by Gasteiger charge is 2.17. The van der Waals surface area contributed by atoms with Crippen molar-refractivity contribution in [2.45, 2.75) is 88.9 Å². The van der Waals surface area contributed by atoms with Gasteiger partial charge in [0.25, 0.3) is 0 Å². The van der Waals surface area contributed by atoms with Crippen LogP contribution in [0.3, 0.4) is 0 Å². The second-order valence-corrected chi connectivity index (χ2v) is 9.59. The molecule has 0 heterocycles. The van der Waals surface area contributed by atoms with Gasteiger partial charge >= 0.3 is 0 Å². The molecule has 0 atom stereocenters. The monoisotopic (exact) mass is 506 g/mol. The minimum atomic E-state index is 0.0273. The van der Waals surface area contributed by atoms with E-state index < -0.39 is 0 Å². The molecule has 2 aromatic rings. The first kappa shape index (κ1) is 28.8. The Balaban J connectivity index is 2.36. The van der Waals surface area contributed by atoms with Gasteiger partial charge in [-0.15, -0.1) is 0 Å². The van der Waals surface area contributed by atoms with Gasteiger partial charge in [-0.05, 0) is 49.9 Å². The van der Waals surface area contributed by atoms with E-state index in [1.807, 2.05) is 24.3 Å². The summed E-state index contributed by atoms with van der Waals surface area (Å²) in [7, 11) is 0. The number of aromatic hydroxyl groups is 2. The Labute approximate surface area is 214 Å². The Hall–Kier alpha value is -2.41. The number of phenolic OH excluding ortho intramolecular Hbond substituents is 2. The highest BCUT2D eigenvalue weighted by atomic mass is 32.2. The third-order valence-electron chi connectivity index (χ3n) is 5.28. The molecule has 7 heteroatoms. The van der Waals surface area contributed by atoms with Gasteiger partial charge in [-0.25, -0.2) is 0 Å². The first-order valence-electron chi connectivity index (χ1n) is 13.0. The molecule has 35 heavy (non-hydrogen) atoms. The topological polar surface area (TPSA) is 77.4 Å². The van der Waals surface area contributed by atoms with Crippen molar-refractivity contribution in [1.29, 1.82) is 0 Å². The van der Waals surface area contributed by atoms with Gasteiger partial charge in [-0.1, -0.05) is 65.1 Å². The summed E-state index contributed by atoms with van der Waals surface area (Å²) in [5.74, 6) is 1.69. The zero-order valence-electron chi connectivity index (χ0n) is 21.7. The first-order chi connectivity index (χ1) is 17.0. The predicted octanol–water partition coefficient (Wildman–Crippen LogP) is 7.96. The van der Waals surface area contributed by atoms with Crippen LogP contribution in [-0.4, -0.2) is 36.6 Å². The number of benzene rings is 2. The number of hydrogen-bond donors (Lipinski definition) is 2. The van der Waals surface area contributed by atoms with Crippen LogP contribution >= 0.6 is 11.8 Å². The number of ether oxygens (including phenoxy) is 4. The van der Waals surface area contributed by atoms with Gasteiger partial charge in [0.1, 0.15) is 0 Å². The van der Waals surface area contributed by atoms with Crippen molar-refractivity contribution in [3.63, 3.8) is 0 Å². The van der Waals surface area contributed by atoms with Crippen LogP contribution in [0.1, 0.15) is 79.1 Å². The summed E-state index contributed by atoms with van der Waals surface area (Å²) < 4.78 is 23.5. The average Bonchev–Trinajstić information content (AvgIpc) is 2.84. The number of rotatable bonds is 18. The Bertz CT molecular complexity index is 752. The lowest BCUT2D eigenvalue weighted by Crippen LogP contribution is -2.01. The van der Waals surface area contributed by atoms with Crippen LogP contribution in [0.4, 0.5) is 0 Å². The fourth-order valence-electron chi connectivity index (χ4n) is 3.12. The molecule has 6 nitrogen and oxygen atoms in total. The van der Waals surface area contributed by atoms with Gasteiger partial charge in [-0.3, -0.25) is 0 Å². The first-order valence-corrected chi connectivity index (χ1v) is 13.8. The largest absolute Gasteiger partial charge is 0.502 e. The molecular formula is C28H42O6S. The minimum absolute atomic E-state index is 0.0273. The molecule has 2 aromatic carbocycles. The van der Waals surface area contributed by atoms with Crippen molar-refractivity contribution < 1.29 is 29.2 Å². The summed E-state index contributed by atoms with van der Waals surface area (Å²) in [4.78, 5) is 1.70. The van der Waals surface area contributed by atoms with Gasteiger partial charge in [0.15, 0.2) is 23.0 Å². The fourth-order valence-corrected chi connectivity index (χ4v) is 4.05. The van der Waals surface area contributed by atoms with Gasteiger partial charge in [-0.2, -0.15) is 0 Å². The maximum Gasteiger partial charge on any atom is 0.200 e. The Kier molecular flexibility index (Phi) is 13.4. The maximum atomic E-state index is 10.7. The molecule has 0 spiro atoms. The molecule has 0 aliphatic heterocycles. The molecule has 0 aliphatic carbocycles. The molecule has 0 aromatic heterocycles. The summed E-state index contributed by atoms with van der Waals surface area (Å²) >= 11 is 1.48. The highest BCUT2D eigenvalue weighted by molar-refractivity contribution is 7.99. The van der Waals surface area contributed by atoms with Crippen LogP contribution in [0, 0.1) is 0 Å². The Morgan fingerprint density at radius 3 is 1.00 bits per heavy atom. The smallest absolute Gasteiger partial charge is 0.200 e. The summed E-state index contributed by atoms with van der Waals surface area (Å²) in [5.41, 5.74) is 0. The lowest BCUT2D eigenvalue weighted by atomic mass is 10.2.